The van der Waals surface area contributed by atoms with E-state index in [9.17, 15) is 14.4 Å². The summed E-state index contributed by atoms with van der Waals surface area (Å²) in [5.74, 6) is -1.08. The lowest BCUT2D eigenvalue weighted by molar-refractivity contribution is -0.117. The van der Waals surface area contributed by atoms with Crippen LogP contribution in [0.3, 0.4) is 0 Å². The molecule has 0 saturated carbocycles. The van der Waals surface area contributed by atoms with E-state index in [0.717, 1.165) is 55.1 Å². The van der Waals surface area contributed by atoms with Crippen molar-refractivity contribution in [3.8, 4) is 22.3 Å². The molecule has 2 saturated heterocycles. The molecule has 9 nitrogen and oxygen atoms in total. The van der Waals surface area contributed by atoms with Gasteiger partial charge in [0, 0.05) is 74.4 Å². The highest BCUT2D eigenvalue weighted by Gasteiger charge is 2.26. The van der Waals surface area contributed by atoms with Gasteiger partial charge in [-0.05, 0) is 71.6 Å². The summed E-state index contributed by atoms with van der Waals surface area (Å²) < 4.78 is 18.2. The molecule has 2 amide bonds. The number of carbonyl (C=O) groups excluding carboxylic acids is 3. The summed E-state index contributed by atoms with van der Waals surface area (Å²) in [5, 5.41) is 10.6. The van der Waals surface area contributed by atoms with Gasteiger partial charge in [-0.1, -0.05) is 30.3 Å². The van der Waals surface area contributed by atoms with Crippen LogP contribution in [0.25, 0.3) is 33.2 Å². The molecular formula is C36H33FN6O3. The summed E-state index contributed by atoms with van der Waals surface area (Å²) in [6.07, 6.45) is 2.00. The van der Waals surface area contributed by atoms with Crippen molar-refractivity contribution in [2.24, 2.45) is 7.05 Å². The third-order valence-corrected chi connectivity index (χ3v) is 8.79. The first-order valence-corrected chi connectivity index (χ1v) is 15.4. The van der Waals surface area contributed by atoms with Gasteiger partial charge in [-0.25, -0.2) is 4.39 Å². The Labute approximate surface area is 265 Å². The van der Waals surface area contributed by atoms with Crippen molar-refractivity contribution >= 4 is 46.1 Å². The lowest BCUT2D eigenvalue weighted by Crippen LogP contribution is -2.43. The number of hydrogen-bond acceptors (Lipinski definition) is 6. The van der Waals surface area contributed by atoms with Gasteiger partial charge in [0.2, 0.25) is 5.91 Å². The SMILES string of the molecule is Cn1nc(C(=O)Nc2cccc(C=O)c2)c2c(F)c(-c3ccc(N4CCCC4=O)cc3-c3ccc(N4CCNCC4)cc3)ccc21. The maximum Gasteiger partial charge on any atom is 0.276 e. The molecular weight excluding hydrogens is 583 g/mol. The van der Waals surface area contributed by atoms with E-state index in [1.807, 2.05) is 30.3 Å². The van der Waals surface area contributed by atoms with E-state index in [2.05, 4.69) is 32.8 Å². The summed E-state index contributed by atoms with van der Waals surface area (Å²) in [4.78, 5) is 41.4. The van der Waals surface area contributed by atoms with Crippen LogP contribution in [0.15, 0.2) is 78.9 Å². The highest BCUT2D eigenvalue weighted by Crippen LogP contribution is 2.40. The summed E-state index contributed by atoms with van der Waals surface area (Å²) in [6.45, 7) is 4.35. The smallest absolute Gasteiger partial charge is 0.276 e. The molecule has 0 unspecified atom stereocenters. The van der Waals surface area contributed by atoms with E-state index in [0.29, 0.717) is 47.1 Å². The normalized spacial score (nSPS) is 15.0. The first-order valence-electron chi connectivity index (χ1n) is 15.4. The van der Waals surface area contributed by atoms with E-state index in [1.54, 1.807) is 48.3 Å². The van der Waals surface area contributed by atoms with Gasteiger partial charge >= 0.3 is 0 Å². The minimum absolute atomic E-state index is 0.0606. The predicted molar refractivity (Wildman–Crippen MR) is 178 cm³/mol. The Morgan fingerprint density at radius 1 is 0.913 bits per heavy atom. The van der Waals surface area contributed by atoms with Crippen molar-refractivity contribution in [3.63, 3.8) is 0 Å². The molecule has 10 heteroatoms. The van der Waals surface area contributed by atoms with Gasteiger partial charge in [-0.15, -0.1) is 0 Å². The Hall–Kier alpha value is -5.35. The largest absolute Gasteiger partial charge is 0.369 e. The van der Waals surface area contributed by atoms with Crippen LogP contribution in [0.4, 0.5) is 21.5 Å². The third-order valence-electron chi connectivity index (χ3n) is 8.79. The van der Waals surface area contributed by atoms with Crippen molar-refractivity contribution in [1.29, 1.82) is 0 Å². The molecule has 0 spiro atoms. The number of aromatic nitrogens is 2. The van der Waals surface area contributed by atoms with Crippen LogP contribution in [-0.4, -0.2) is 60.6 Å². The molecule has 46 heavy (non-hydrogen) atoms. The molecule has 3 heterocycles. The van der Waals surface area contributed by atoms with Gasteiger partial charge < -0.3 is 20.4 Å². The zero-order valence-electron chi connectivity index (χ0n) is 25.4. The number of halogens is 1. The zero-order chi connectivity index (χ0) is 31.8. The van der Waals surface area contributed by atoms with Gasteiger partial charge in [-0.3, -0.25) is 19.1 Å². The van der Waals surface area contributed by atoms with Crippen LogP contribution < -0.4 is 20.4 Å². The molecule has 2 N–H and O–H groups in total. The second-order valence-corrected chi connectivity index (χ2v) is 11.7. The average Bonchev–Trinajstić information content (AvgIpc) is 3.68. The van der Waals surface area contributed by atoms with Crippen molar-refractivity contribution in [3.05, 3.63) is 95.9 Å². The molecule has 4 aromatic carbocycles. The molecule has 0 radical (unpaired) electrons. The molecule has 5 aromatic rings. The number of amides is 2. The quantitative estimate of drug-likeness (QED) is 0.230. The van der Waals surface area contributed by atoms with Crippen molar-refractivity contribution in [2.75, 3.05) is 47.8 Å². The monoisotopic (exact) mass is 616 g/mol. The van der Waals surface area contributed by atoms with Crippen LogP contribution in [0.2, 0.25) is 0 Å². The Bertz CT molecular complexity index is 1980. The fourth-order valence-electron chi connectivity index (χ4n) is 6.43. The molecule has 2 aliphatic heterocycles. The van der Waals surface area contributed by atoms with Crippen LogP contribution >= 0.6 is 0 Å². The van der Waals surface area contributed by atoms with E-state index >= 15 is 4.39 Å². The second kappa shape index (κ2) is 12.2. The second-order valence-electron chi connectivity index (χ2n) is 11.7. The maximum absolute atomic E-state index is 16.8. The molecule has 0 bridgehead atoms. The molecule has 2 aliphatic rings. The number of rotatable bonds is 7. The van der Waals surface area contributed by atoms with Crippen molar-refractivity contribution in [1.82, 2.24) is 15.1 Å². The van der Waals surface area contributed by atoms with Crippen LogP contribution in [0.1, 0.15) is 33.7 Å². The fraction of sp³-hybridized carbons (Fsp3) is 0.222. The number of aryl methyl sites for hydroxylation is 1. The highest BCUT2D eigenvalue weighted by atomic mass is 19.1. The highest BCUT2D eigenvalue weighted by molar-refractivity contribution is 6.12. The zero-order valence-corrected chi connectivity index (χ0v) is 25.4. The number of aldehydes is 1. The Kier molecular flexibility index (Phi) is 7.79. The molecule has 1 aromatic heterocycles. The summed E-state index contributed by atoms with van der Waals surface area (Å²) in [7, 11) is 1.67. The number of piperazine rings is 1. The summed E-state index contributed by atoms with van der Waals surface area (Å²) in [5.41, 5.74) is 5.74. The Morgan fingerprint density at radius 3 is 2.41 bits per heavy atom. The minimum atomic E-state index is -0.587. The molecule has 232 valence electrons. The number of carbonyl (C=O) groups is 3. The topological polar surface area (TPSA) is 99.6 Å². The maximum atomic E-state index is 16.8. The van der Waals surface area contributed by atoms with E-state index < -0.39 is 11.7 Å². The van der Waals surface area contributed by atoms with E-state index in [4.69, 9.17) is 0 Å². The predicted octanol–water partition coefficient (Wildman–Crippen LogP) is 5.65. The van der Waals surface area contributed by atoms with Crippen LogP contribution in [0.5, 0.6) is 0 Å². The van der Waals surface area contributed by atoms with Gasteiger partial charge in [0.05, 0.1) is 10.9 Å². The molecule has 0 atom stereocenters. The van der Waals surface area contributed by atoms with Gasteiger partial charge in [0.25, 0.3) is 5.91 Å². The number of hydrogen-bond donors (Lipinski definition) is 2. The van der Waals surface area contributed by atoms with Crippen molar-refractivity contribution < 1.29 is 18.8 Å². The number of benzene rings is 4. The van der Waals surface area contributed by atoms with Crippen molar-refractivity contribution in [2.45, 2.75) is 12.8 Å². The van der Waals surface area contributed by atoms with Gasteiger partial charge in [-0.2, -0.15) is 5.10 Å². The first-order chi connectivity index (χ1) is 22.4. The number of nitrogens with zero attached hydrogens (tertiary/aromatic N) is 4. The van der Waals surface area contributed by atoms with Crippen LogP contribution in [0, 0.1) is 5.82 Å². The van der Waals surface area contributed by atoms with Gasteiger partial charge in [0.15, 0.2) is 5.69 Å². The molecule has 2 fully saturated rings. The number of nitrogens with one attached hydrogen (secondary N) is 2. The lowest BCUT2D eigenvalue weighted by Gasteiger charge is -2.29. The standard InChI is InChI=1S/C36H33FN6O3/c1-41-31-14-13-29(34(37)33(31)35(40-41)36(46)39-25-5-2-4-23(20-25)22-44)28-12-11-27(43-17-3-6-32(43)45)21-30(28)24-7-9-26(10-8-24)42-18-15-38-16-19-42/h2,4-5,7-14,20-22,38H,3,6,15-19H2,1H3,(H,39,46). The Balaban J connectivity index is 1.32. The minimum Gasteiger partial charge on any atom is -0.369 e. The summed E-state index contributed by atoms with van der Waals surface area (Å²) >= 11 is 0. The van der Waals surface area contributed by atoms with Crippen LogP contribution in [-0.2, 0) is 11.8 Å². The fourth-order valence-corrected chi connectivity index (χ4v) is 6.43. The van der Waals surface area contributed by atoms with E-state index in [1.165, 1.54) is 4.68 Å². The van der Waals surface area contributed by atoms with Gasteiger partial charge in [0.1, 0.15) is 12.1 Å². The Morgan fingerprint density at radius 2 is 1.67 bits per heavy atom. The lowest BCUT2D eigenvalue weighted by atomic mass is 9.92. The summed E-state index contributed by atoms with van der Waals surface area (Å²) in [6, 6.07) is 23.9. The average molecular weight is 617 g/mol. The molecule has 0 aliphatic carbocycles. The van der Waals surface area contributed by atoms with E-state index in [-0.39, 0.29) is 17.0 Å². The first kappa shape index (κ1) is 29.4. The number of fused-ring (bicyclic) bond motifs is 1. The third kappa shape index (κ3) is 5.41. The number of anilines is 3. The molecule has 7 rings (SSSR count).